The normalized spacial score (nSPS) is 14.9. The molecule has 7 heteroatoms. The quantitative estimate of drug-likeness (QED) is 0.523. The maximum absolute atomic E-state index is 9.59. The number of hydrogen-bond donors (Lipinski definition) is 4. The van der Waals surface area contributed by atoms with Crippen molar-refractivity contribution in [2.24, 2.45) is 5.73 Å². The molecule has 86 valence electrons. The van der Waals surface area contributed by atoms with E-state index in [4.69, 9.17) is 15.3 Å². The predicted octanol–water partition coefficient (Wildman–Crippen LogP) is -0.378. The van der Waals surface area contributed by atoms with Crippen molar-refractivity contribution in [1.29, 1.82) is 0 Å². The summed E-state index contributed by atoms with van der Waals surface area (Å²) in [5.41, 5.74) is 5.85. The van der Waals surface area contributed by atoms with Gasteiger partial charge in [-0.3, -0.25) is 5.73 Å². The first kappa shape index (κ1) is 10.8. The predicted molar refractivity (Wildman–Crippen MR) is 56.3 cm³/mol. The fourth-order valence-corrected chi connectivity index (χ4v) is 1.24. The van der Waals surface area contributed by atoms with Gasteiger partial charge in [-0.1, -0.05) is 0 Å². The Balaban J connectivity index is 2.20. The summed E-state index contributed by atoms with van der Waals surface area (Å²) in [6.07, 6.45) is 3.00. The Hall–Kier alpha value is -1.70. The topological polar surface area (TPSA) is 117 Å². The molecule has 0 aliphatic carbocycles. The maximum atomic E-state index is 9.59. The molecule has 7 nitrogen and oxygen atoms in total. The van der Waals surface area contributed by atoms with Gasteiger partial charge in [-0.05, 0) is 6.07 Å². The third-order valence-corrected chi connectivity index (χ3v) is 2.03. The van der Waals surface area contributed by atoms with E-state index in [0.29, 0.717) is 5.71 Å². The summed E-state index contributed by atoms with van der Waals surface area (Å²) in [4.78, 5) is 7.93. The number of nitrogens with two attached hydrogens (primary N) is 1. The van der Waals surface area contributed by atoms with E-state index in [1.54, 1.807) is 12.3 Å². The lowest BCUT2D eigenvalue weighted by Crippen LogP contribution is -2.48. The molecule has 2 heterocycles. The Morgan fingerprint density at radius 3 is 3.12 bits per heavy atom. The number of aliphatic hydroxyl groups excluding tert-OH is 1. The molecule has 16 heavy (non-hydrogen) atoms. The van der Waals surface area contributed by atoms with Crippen LogP contribution in [0.15, 0.2) is 22.9 Å². The Kier molecular flexibility index (Phi) is 2.73. The zero-order chi connectivity index (χ0) is 11.6. The third kappa shape index (κ3) is 2.27. The number of nitrogens with one attached hydrogen (secondary N) is 1. The molecule has 0 aliphatic heterocycles. The molecule has 0 aliphatic rings. The van der Waals surface area contributed by atoms with Crippen LogP contribution in [0.1, 0.15) is 6.42 Å². The van der Waals surface area contributed by atoms with Crippen LogP contribution in [0.4, 0.5) is 5.95 Å². The molecule has 0 saturated carbocycles. The molecule has 0 radical (unpaired) electrons. The van der Waals surface area contributed by atoms with Gasteiger partial charge in [0.2, 0.25) is 11.7 Å². The van der Waals surface area contributed by atoms with E-state index in [2.05, 4.69) is 15.3 Å². The number of fused-ring (bicyclic) bond motifs is 1. The zero-order valence-corrected chi connectivity index (χ0v) is 8.42. The molecule has 0 bridgehead atoms. The zero-order valence-electron chi connectivity index (χ0n) is 8.42. The van der Waals surface area contributed by atoms with Crippen molar-refractivity contribution in [3.05, 3.63) is 18.5 Å². The Labute approximate surface area is 90.9 Å². The average Bonchev–Trinajstić information content (AvgIpc) is 2.63. The second-order valence-electron chi connectivity index (χ2n) is 3.40. The van der Waals surface area contributed by atoms with Crippen molar-refractivity contribution in [3.63, 3.8) is 0 Å². The molecule has 2 aromatic rings. The highest BCUT2D eigenvalue weighted by Crippen LogP contribution is 2.14. The standard InChI is InChI=1S/C9H12N4O3/c10-9(15,2-3-14)13-8-11-5-6-1-4-16-7(6)12-8/h1,4-5,14-15H,2-3,10H2,(H,11,12,13). The van der Waals surface area contributed by atoms with Gasteiger partial charge in [0.1, 0.15) is 0 Å². The first-order valence-electron chi connectivity index (χ1n) is 4.71. The van der Waals surface area contributed by atoms with Crippen molar-refractivity contribution in [3.8, 4) is 0 Å². The summed E-state index contributed by atoms with van der Waals surface area (Å²) in [6.45, 7) is -0.247. The summed E-state index contributed by atoms with van der Waals surface area (Å²) in [7, 11) is 0. The van der Waals surface area contributed by atoms with Crippen LogP contribution < -0.4 is 11.1 Å². The van der Waals surface area contributed by atoms with Crippen LogP contribution in [0, 0.1) is 0 Å². The molecule has 0 fully saturated rings. The number of nitrogens with zero attached hydrogens (tertiary/aromatic N) is 2. The highest BCUT2D eigenvalue weighted by molar-refractivity contribution is 5.72. The van der Waals surface area contributed by atoms with E-state index in [-0.39, 0.29) is 19.0 Å². The van der Waals surface area contributed by atoms with Gasteiger partial charge in [0.05, 0.1) is 11.6 Å². The number of aromatic nitrogens is 2. The number of furan rings is 1. The van der Waals surface area contributed by atoms with Crippen LogP contribution in [0.25, 0.3) is 11.1 Å². The maximum Gasteiger partial charge on any atom is 0.230 e. The van der Waals surface area contributed by atoms with Crippen molar-refractivity contribution in [1.82, 2.24) is 9.97 Å². The molecular weight excluding hydrogens is 212 g/mol. The van der Waals surface area contributed by atoms with Gasteiger partial charge < -0.3 is 19.9 Å². The fraction of sp³-hybridized carbons (Fsp3) is 0.333. The highest BCUT2D eigenvalue weighted by atomic mass is 16.3. The van der Waals surface area contributed by atoms with Gasteiger partial charge in [-0.15, -0.1) is 0 Å². The van der Waals surface area contributed by atoms with Crippen LogP contribution in [0.2, 0.25) is 0 Å². The number of rotatable bonds is 4. The largest absolute Gasteiger partial charge is 0.446 e. The first-order valence-corrected chi connectivity index (χ1v) is 4.71. The molecule has 0 amide bonds. The van der Waals surface area contributed by atoms with Crippen LogP contribution >= 0.6 is 0 Å². The molecule has 2 rings (SSSR count). The van der Waals surface area contributed by atoms with Gasteiger partial charge >= 0.3 is 0 Å². The van der Waals surface area contributed by atoms with E-state index in [1.807, 2.05) is 0 Å². The molecule has 2 aromatic heterocycles. The van der Waals surface area contributed by atoms with E-state index in [0.717, 1.165) is 5.39 Å². The van der Waals surface area contributed by atoms with E-state index < -0.39 is 5.85 Å². The van der Waals surface area contributed by atoms with Crippen LogP contribution in [-0.2, 0) is 0 Å². The Morgan fingerprint density at radius 1 is 1.56 bits per heavy atom. The fourth-order valence-electron chi connectivity index (χ4n) is 1.24. The van der Waals surface area contributed by atoms with Crippen LogP contribution in [-0.4, -0.2) is 32.6 Å². The number of anilines is 1. The van der Waals surface area contributed by atoms with E-state index in [9.17, 15) is 5.11 Å². The van der Waals surface area contributed by atoms with Crippen LogP contribution in [0.3, 0.4) is 0 Å². The lowest BCUT2D eigenvalue weighted by Gasteiger charge is -2.22. The van der Waals surface area contributed by atoms with Gasteiger partial charge in [0.15, 0.2) is 5.85 Å². The average molecular weight is 224 g/mol. The summed E-state index contributed by atoms with van der Waals surface area (Å²) < 4.78 is 5.07. The Morgan fingerprint density at radius 2 is 2.38 bits per heavy atom. The molecule has 0 saturated heterocycles. The van der Waals surface area contributed by atoms with Crippen LogP contribution in [0.5, 0.6) is 0 Å². The molecule has 0 spiro atoms. The number of aliphatic hydroxyl groups is 2. The van der Waals surface area contributed by atoms with E-state index >= 15 is 0 Å². The Bertz CT molecular complexity index is 482. The lowest BCUT2D eigenvalue weighted by molar-refractivity contribution is 0.0478. The SMILES string of the molecule is NC(O)(CCO)Nc1ncc2ccoc2n1. The van der Waals surface area contributed by atoms with Crippen molar-refractivity contribution >= 4 is 17.0 Å². The van der Waals surface area contributed by atoms with Gasteiger partial charge in [-0.25, -0.2) is 4.98 Å². The molecule has 5 N–H and O–H groups in total. The van der Waals surface area contributed by atoms with E-state index in [1.165, 1.54) is 6.26 Å². The molecule has 1 atom stereocenters. The number of hydrogen-bond acceptors (Lipinski definition) is 7. The highest BCUT2D eigenvalue weighted by Gasteiger charge is 2.21. The second kappa shape index (κ2) is 4.05. The van der Waals surface area contributed by atoms with Gasteiger partial charge in [-0.2, -0.15) is 4.98 Å². The monoisotopic (exact) mass is 224 g/mol. The lowest BCUT2D eigenvalue weighted by atomic mass is 10.3. The van der Waals surface area contributed by atoms with Crippen molar-refractivity contribution in [2.75, 3.05) is 11.9 Å². The second-order valence-corrected chi connectivity index (χ2v) is 3.40. The summed E-state index contributed by atoms with van der Waals surface area (Å²) in [5.74, 6) is -1.60. The smallest absolute Gasteiger partial charge is 0.230 e. The first-order chi connectivity index (χ1) is 7.61. The van der Waals surface area contributed by atoms with Crippen molar-refractivity contribution in [2.45, 2.75) is 12.3 Å². The van der Waals surface area contributed by atoms with Gasteiger partial charge in [0, 0.05) is 19.2 Å². The third-order valence-electron chi connectivity index (χ3n) is 2.03. The van der Waals surface area contributed by atoms with Gasteiger partial charge in [0.25, 0.3) is 0 Å². The minimum atomic E-state index is -1.74. The summed E-state index contributed by atoms with van der Waals surface area (Å²) in [6, 6.07) is 1.72. The van der Waals surface area contributed by atoms with Crippen molar-refractivity contribution < 1.29 is 14.6 Å². The molecular formula is C9H12N4O3. The summed E-state index contributed by atoms with van der Waals surface area (Å²) >= 11 is 0. The minimum absolute atomic E-state index is 0.0352. The molecule has 0 aromatic carbocycles. The molecule has 1 unspecified atom stereocenters. The minimum Gasteiger partial charge on any atom is -0.446 e. The summed E-state index contributed by atoms with van der Waals surface area (Å²) in [5, 5.41) is 21.5.